The molecule has 0 radical (unpaired) electrons. The fourth-order valence-electron chi connectivity index (χ4n) is 3.67. The van der Waals surface area contributed by atoms with Gasteiger partial charge in [0.1, 0.15) is 28.3 Å². The number of hydroxylamine groups is 1. The first-order valence-electron chi connectivity index (χ1n) is 11.9. The number of ether oxygens (including phenoxy) is 2. The molecule has 1 saturated heterocycles. The lowest BCUT2D eigenvalue weighted by molar-refractivity contribution is -0.208. The van der Waals surface area contributed by atoms with E-state index in [2.05, 4.69) is 15.1 Å². The number of halogens is 5. The van der Waals surface area contributed by atoms with Gasteiger partial charge in [0.25, 0.3) is 5.91 Å². The number of alkyl halides is 3. The molecule has 0 spiro atoms. The van der Waals surface area contributed by atoms with Crippen molar-refractivity contribution in [3.63, 3.8) is 0 Å². The summed E-state index contributed by atoms with van der Waals surface area (Å²) in [5.41, 5.74) is 1.51. The van der Waals surface area contributed by atoms with Gasteiger partial charge in [0.15, 0.2) is 0 Å². The largest absolute Gasteiger partial charge is 0.493 e. The summed E-state index contributed by atoms with van der Waals surface area (Å²) in [6.45, 7) is 4.30. The average Bonchev–Trinajstić information content (AvgIpc) is 3.31. The third kappa shape index (κ3) is 9.39. The molecule has 2 aromatic rings. The number of amides is 3. The van der Waals surface area contributed by atoms with Crippen molar-refractivity contribution in [3.05, 3.63) is 52.3 Å². The minimum Gasteiger partial charge on any atom is -0.489 e. The fourth-order valence-corrected chi connectivity index (χ4v) is 4.18. The van der Waals surface area contributed by atoms with Gasteiger partial charge >= 0.3 is 18.2 Å². The molecule has 2 unspecified atom stereocenters. The molecule has 11 nitrogen and oxygen atoms in total. The summed E-state index contributed by atoms with van der Waals surface area (Å²) in [6, 6.07) is 9.31. The lowest BCUT2D eigenvalue weighted by Gasteiger charge is -2.24. The van der Waals surface area contributed by atoms with E-state index in [1.54, 1.807) is 45.0 Å². The Labute approximate surface area is 242 Å². The number of carbonyl (C=O) groups is 4. The van der Waals surface area contributed by atoms with E-state index in [9.17, 15) is 32.3 Å². The Hall–Kier alpha value is -3.78. The zero-order valence-corrected chi connectivity index (χ0v) is 23.4. The van der Waals surface area contributed by atoms with Crippen molar-refractivity contribution >= 4 is 52.8 Å². The van der Waals surface area contributed by atoms with Gasteiger partial charge in [0.05, 0.1) is 11.8 Å². The van der Waals surface area contributed by atoms with Gasteiger partial charge in [-0.15, -0.1) is 0 Å². The molecule has 0 aliphatic carbocycles. The van der Waals surface area contributed by atoms with E-state index in [4.69, 9.17) is 32.7 Å². The summed E-state index contributed by atoms with van der Waals surface area (Å²) >= 11 is 11.8. The molecule has 1 aromatic carbocycles. The highest BCUT2D eigenvalue weighted by atomic mass is 35.5. The molecule has 0 bridgehead atoms. The van der Waals surface area contributed by atoms with Crippen molar-refractivity contribution in [1.29, 1.82) is 0 Å². The Bertz CT molecular complexity index is 1280. The van der Waals surface area contributed by atoms with Crippen LogP contribution in [0.1, 0.15) is 26.3 Å². The van der Waals surface area contributed by atoms with Gasteiger partial charge < -0.3 is 24.5 Å². The van der Waals surface area contributed by atoms with Crippen LogP contribution < -0.4 is 15.5 Å². The van der Waals surface area contributed by atoms with E-state index < -0.39 is 47.5 Å². The van der Waals surface area contributed by atoms with Crippen LogP contribution in [0, 0.1) is 11.8 Å². The highest BCUT2D eigenvalue weighted by molar-refractivity contribution is 6.32. The number of hydrogen-bond acceptors (Lipinski definition) is 8. The predicted octanol–water partition coefficient (Wildman–Crippen LogP) is 4.53. The van der Waals surface area contributed by atoms with Crippen LogP contribution in [-0.4, -0.2) is 58.6 Å². The number of likely N-dealkylation sites (tertiary alicyclic amines) is 1. The second-order valence-corrected chi connectivity index (χ2v) is 10.6. The van der Waals surface area contributed by atoms with Crippen LogP contribution in [0.25, 0.3) is 0 Å². The first-order valence-corrected chi connectivity index (χ1v) is 12.7. The van der Waals surface area contributed by atoms with E-state index in [0.29, 0.717) is 17.0 Å². The SMILES string of the molecule is CC(C)(C)OC(=O)N1CC(C(=O)NOC(=O)C(F)(F)F)C(C(=O)Nc2ccc(OCc3cc(Cl)nc(Cl)c3)cc2)C1. The van der Waals surface area contributed by atoms with Crippen LogP contribution in [0.4, 0.5) is 23.7 Å². The zero-order valence-electron chi connectivity index (χ0n) is 21.9. The summed E-state index contributed by atoms with van der Waals surface area (Å²) in [5.74, 6) is -6.70. The van der Waals surface area contributed by atoms with Crippen LogP contribution >= 0.6 is 23.2 Å². The van der Waals surface area contributed by atoms with Gasteiger partial charge in [0.2, 0.25) is 5.91 Å². The normalized spacial score (nSPS) is 17.0. The maximum Gasteiger partial charge on any atom is 0.493 e. The van der Waals surface area contributed by atoms with Crippen molar-refractivity contribution in [1.82, 2.24) is 15.4 Å². The first kappa shape index (κ1) is 31.7. The van der Waals surface area contributed by atoms with Crippen molar-refractivity contribution < 1.29 is 46.7 Å². The van der Waals surface area contributed by atoms with Crippen LogP contribution in [0.5, 0.6) is 5.75 Å². The molecular weight excluding hydrogens is 596 g/mol. The topological polar surface area (TPSA) is 136 Å². The second kappa shape index (κ2) is 12.8. The fraction of sp³-hybridized carbons (Fsp3) is 0.400. The van der Waals surface area contributed by atoms with Crippen LogP contribution in [0.2, 0.25) is 10.3 Å². The zero-order chi connectivity index (χ0) is 30.5. The molecule has 1 aliphatic heterocycles. The Balaban J connectivity index is 1.67. The molecule has 41 heavy (non-hydrogen) atoms. The van der Waals surface area contributed by atoms with Gasteiger partial charge in [-0.3, -0.25) is 9.59 Å². The van der Waals surface area contributed by atoms with E-state index in [1.807, 2.05) is 0 Å². The molecule has 0 saturated carbocycles. The molecule has 2 N–H and O–H groups in total. The number of rotatable bonds is 6. The summed E-state index contributed by atoms with van der Waals surface area (Å²) in [7, 11) is 0. The third-order valence-electron chi connectivity index (χ3n) is 5.47. The molecule has 2 heterocycles. The number of nitrogens with one attached hydrogen (secondary N) is 2. The van der Waals surface area contributed by atoms with E-state index >= 15 is 0 Å². The lowest BCUT2D eigenvalue weighted by atomic mass is 9.94. The van der Waals surface area contributed by atoms with Crippen molar-refractivity contribution in [3.8, 4) is 5.75 Å². The monoisotopic (exact) mass is 620 g/mol. The quantitative estimate of drug-likeness (QED) is 0.355. The molecular formula is C25H25Cl2F3N4O7. The second-order valence-electron chi connectivity index (χ2n) is 9.88. The van der Waals surface area contributed by atoms with E-state index in [-0.39, 0.29) is 30.0 Å². The van der Waals surface area contributed by atoms with Gasteiger partial charge in [-0.2, -0.15) is 18.7 Å². The Morgan fingerprint density at radius 1 is 0.976 bits per heavy atom. The predicted molar refractivity (Wildman–Crippen MR) is 139 cm³/mol. The maximum absolute atomic E-state index is 13.1. The number of carbonyl (C=O) groups excluding carboxylic acids is 4. The Morgan fingerprint density at radius 2 is 1.54 bits per heavy atom. The molecule has 16 heteroatoms. The minimum absolute atomic E-state index is 0.131. The molecule has 1 fully saturated rings. The molecule has 1 aromatic heterocycles. The summed E-state index contributed by atoms with van der Waals surface area (Å²) in [6.07, 6.45) is -6.19. The lowest BCUT2D eigenvalue weighted by Crippen LogP contribution is -2.42. The molecule has 3 amide bonds. The summed E-state index contributed by atoms with van der Waals surface area (Å²) in [4.78, 5) is 58.1. The first-order chi connectivity index (χ1) is 19.0. The smallest absolute Gasteiger partial charge is 0.489 e. The molecule has 2 atom stereocenters. The number of pyridine rings is 1. The Kier molecular flexibility index (Phi) is 9.92. The maximum atomic E-state index is 13.1. The molecule has 3 rings (SSSR count). The summed E-state index contributed by atoms with van der Waals surface area (Å²) in [5, 5.41) is 3.01. The van der Waals surface area contributed by atoms with Crippen LogP contribution in [-0.2, 0) is 30.6 Å². The standard InChI is InChI=1S/C25H25Cl2F3N4O7/c1-24(2,3)40-23(38)34-10-16(17(11-34)21(36)33-41-22(37)25(28,29)30)20(35)31-14-4-6-15(7-5-14)39-12-13-8-18(26)32-19(27)9-13/h4-9,16-17H,10-12H2,1-3H3,(H,31,35)(H,33,36). The number of benzene rings is 1. The molecule has 222 valence electrons. The number of nitrogens with zero attached hydrogens (tertiary/aromatic N) is 2. The van der Waals surface area contributed by atoms with E-state index in [0.717, 1.165) is 4.90 Å². The van der Waals surface area contributed by atoms with Gasteiger partial charge in [-0.25, -0.2) is 14.6 Å². The third-order valence-corrected chi connectivity index (χ3v) is 5.86. The average molecular weight is 621 g/mol. The molecule has 1 aliphatic rings. The Morgan fingerprint density at radius 3 is 2.07 bits per heavy atom. The highest BCUT2D eigenvalue weighted by Crippen LogP contribution is 2.28. The van der Waals surface area contributed by atoms with Gasteiger partial charge in [-0.05, 0) is 62.7 Å². The highest BCUT2D eigenvalue weighted by Gasteiger charge is 2.46. The minimum atomic E-state index is -5.35. The van der Waals surface area contributed by atoms with Crippen LogP contribution in [0.15, 0.2) is 36.4 Å². The van der Waals surface area contributed by atoms with Crippen molar-refractivity contribution in [2.24, 2.45) is 11.8 Å². The number of aromatic nitrogens is 1. The number of anilines is 1. The number of hydrogen-bond donors (Lipinski definition) is 2. The van der Waals surface area contributed by atoms with Gasteiger partial charge in [0, 0.05) is 18.8 Å². The van der Waals surface area contributed by atoms with E-state index in [1.165, 1.54) is 17.6 Å². The van der Waals surface area contributed by atoms with Gasteiger partial charge in [-0.1, -0.05) is 23.2 Å². The van der Waals surface area contributed by atoms with Crippen LogP contribution in [0.3, 0.4) is 0 Å². The summed E-state index contributed by atoms with van der Waals surface area (Å²) < 4.78 is 48.3. The van der Waals surface area contributed by atoms with Crippen molar-refractivity contribution in [2.75, 3.05) is 18.4 Å². The van der Waals surface area contributed by atoms with Crippen molar-refractivity contribution in [2.45, 2.75) is 39.2 Å².